The zero-order valence-corrected chi connectivity index (χ0v) is 9.91. The zero-order chi connectivity index (χ0) is 12.1. The summed E-state index contributed by atoms with van der Waals surface area (Å²) in [5, 5.41) is 2.78. The fraction of sp³-hybridized carbons (Fsp3) is 0.357. The van der Waals surface area contributed by atoms with Crippen LogP contribution in [0.1, 0.15) is 42.5 Å². The Hall–Kier alpha value is -1.77. The molecule has 0 heterocycles. The van der Waals surface area contributed by atoms with Crippen LogP contribution in [0.2, 0.25) is 0 Å². The van der Waals surface area contributed by atoms with Crippen molar-refractivity contribution >= 4 is 5.91 Å². The van der Waals surface area contributed by atoms with Crippen LogP contribution in [0.5, 0.6) is 0 Å². The third-order valence-corrected chi connectivity index (χ3v) is 3.12. The van der Waals surface area contributed by atoms with Gasteiger partial charge in [0.1, 0.15) is 5.82 Å². The second-order valence-electron chi connectivity index (χ2n) is 4.40. The standard InChI is InChI=1S/C14H18N2O/c15-13(11-7-3-1-4-8-11)16-14(17)12-9-5-2-6-10-12/h2,5-6,9-10H,1,3-4,7-8,15H2,(H,16,17). The predicted octanol–water partition coefficient (Wildman–Crippen LogP) is 2.55. The number of carbonyl (C=O) groups excluding carboxylic acids is 1. The molecule has 2 rings (SSSR count). The molecule has 1 aromatic rings. The molecule has 0 unspecified atom stereocenters. The third kappa shape index (κ3) is 3.09. The minimum atomic E-state index is -0.124. The number of amides is 1. The van der Waals surface area contributed by atoms with E-state index in [4.69, 9.17) is 5.73 Å². The number of rotatable bonds is 2. The molecule has 1 fully saturated rings. The Morgan fingerprint density at radius 3 is 2.35 bits per heavy atom. The lowest BCUT2D eigenvalue weighted by Gasteiger charge is -2.17. The molecule has 1 aliphatic carbocycles. The van der Waals surface area contributed by atoms with Crippen molar-refractivity contribution in [1.29, 1.82) is 0 Å². The summed E-state index contributed by atoms with van der Waals surface area (Å²) in [7, 11) is 0. The number of nitrogens with one attached hydrogen (secondary N) is 1. The average Bonchev–Trinajstić information content (AvgIpc) is 2.40. The first-order chi connectivity index (χ1) is 8.27. The quantitative estimate of drug-likeness (QED) is 0.820. The molecule has 3 N–H and O–H groups in total. The number of allylic oxidation sites excluding steroid dienone is 1. The maximum absolute atomic E-state index is 11.9. The van der Waals surface area contributed by atoms with E-state index in [1.165, 1.54) is 24.8 Å². The van der Waals surface area contributed by atoms with Gasteiger partial charge in [-0.25, -0.2) is 0 Å². The van der Waals surface area contributed by atoms with Crippen molar-refractivity contribution in [2.45, 2.75) is 32.1 Å². The van der Waals surface area contributed by atoms with Gasteiger partial charge in [-0.3, -0.25) is 4.79 Å². The van der Waals surface area contributed by atoms with E-state index >= 15 is 0 Å². The lowest BCUT2D eigenvalue weighted by atomic mass is 9.95. The van der Waals surface area contributed by atoms with E-state index in [1.54, 1.807) is 12.1 Å². The van der Waals surface area contributed by atoms with Gasteiger partial charge >= 0.3 is 0 Å². The molecular weight excluding hydrogens is 212 g/mol. The Labute approximate surface area is 102 Å². The van der Waals surface area contributed by atoms with Crippen molar-refractivity contribution in [2.24, 2.45) is 5.73 Å². The molecular formula is C14H18N2O. The number of carbonyl (C=O) groups is 1. The molecule has 0 aromatic heterocycles. The van der Waals surface area contributed by atoms with E-state index in [0.717, 1.165) is 12.8 Å². The van der Waals surface area contributed by atoms with Crippen molar-refractivity contribution in [3.63, 3.8) is 0 Å². The van der Waals surface area contributed by atoms with Gasteiger partial charge in [0.2, 0.25) is 0 Å². The van der Waals surface area contributed by atoms with Crippen LogP contribution in [-0.2, 0) is 0 Å². The van der Waals surface area contributed by atoms with E-state index in [0.29, 0.717) is 11.4 Å². The highest BCUT2D eigenvalue weighted by molar-refractivity contribution is 5.95. The minimum absolute atomic E-state index is 0.124. The zero-order valence-electron chi connectivity index (χ0n) is 9.91. The van der Waals surface area contributed by atoms with Crippen molar-refractivity contribution in [3.8, 4) is 0 Å². The highest BCUT2D eigenvalue weighted by atomic mass is 16.1. The largest absolute Gasteiger partial charge is 0.385 e. The molecule has 1 amide bonds. The first kappa shape index (κ1) is 11.7. The SMILES string of the molecule is NC(NC(=O)c1ccccc1)=C1CCCCC1. The molecule has 1 aliphatic rings. The van der Waals surface area contributed by atoms with E-state index < -0.39 is 0 Å². The van der Waals surface area contributed by atoms with Crippen LogP contribution in [0, 0.1) is 0 Å². The second-order valence-corrected chi connectivity index (χ2v) is 4.40. The highest BCUT2D eigenvalue weighted by Gasteiger charge is 2.12. The van der Waals surface area contributed by atoms with Crippen LogP contribution in [0.3, 0.4) is 0 Å². The lowest BCUT2D eigenvalue weighted by Crippen LogP contribution is -2.29. The number of benzene rings is 1. The number of nitrogens with two attached hydrogens (primary N) is 1. The summed E-state index contributed by atoms with van der Waals surface area (Å²) in [5.74, 6) is 0.430. The molecule has 17 heavy (non-hydrogen) atoms. The first-order valence-electron chi connectivity index (χ1n) is 6.11. The lowest BCUT2D eigenvalue weighted by molar-refractivity contribution is 0.0964. The fourth-order valence-corrected chi connectivity index (χ4v) is 2.12. The molecule has 0 saturated heterocycles. The number of hydrogen-bond donors (Lipinski definition) is 2. The Bertz CT molecular complexity index is 415. The fourth-order valence-electron chi connectivity index (χ4n) is 2.12. The Balaban J connectivity index is 2.03. The van der Waals surface area contributed by atoms with Crippen molar-refractivity contribution in [3.05, 3.63) is 47.3 Å². The van der Waals surface area contributed by atoms with Gasteiger partial charge in [0.25, 0.3) is 5.91 Å². The third-order valence-electron chi connectivity index (χ3n) is 3.12. The molecule has 1 saturated carbocycles. The van der Waals surface area contributed by atoms with E-state index in [9.17, 15) is 4.79 Å². The number of hydrogen-bond acceptors (Lipinski definition) is 2. The topological polar surface area (TPSA) is 55.1 Å². The smallest absolute Gasteiger partial charge is 0.256 e. The Morgan fingerprint density at radius 1 is 1.06 bits per heavy atom. The predicted molar refractivity (Wildman–Crippen MR) is 68.2 cm³/mol. The highest BCUT2D eigenvalue weighted by Crippen LogP contribution is 2.23. The molecule has 0 bridgehead atoms. The van der Waals surface area contributed by atoms with Gasteiger partial charge in [-0.1, -0.05) is 24.6 Å². The van der Waals surface area contributed by atoms with E-state index in [-0.39, 0.29) is 5.91 Å². The Kier molecular flexibility index (Phi) is 3.81. The van der Waals surface area contributed by atoms with Gasteiger partial charge < -0.3 is 11.1 Å². The molecule has 0 radical (unpaired) electrons. The van der Waals surface area contributed by atoms with Crippen molar-refractivity contribution < 1.29 is 4.79 Å². The van der Waals surface area contributed by atoms with Gasteiger partial charge in [-0.2, -0.15) is 0 Å². The first-order valence-corrected chi connectivity index (χ1v) is 6.11. The summed E-state index contributed by atoms with van der Waals surface area (Å²) in [4.78, 5) is 11.9. The van der Waals surface area contributed by atoms with Crippen LogP contribution >= 0.6 is 0 Å². The molecule has 3 nitrogen and oxygen atoms in total. The van der Waals surface area contributed by atoms with Crippen LogP contribution in [-0.4, -0.2) is 5.91 Å². The average molecular weight is 230 g/mol. The van der Waals surface area contributed by atoms with Gasteiger partial charge in [-0.15, -0.1) is 0 Å². The monoisotopic (exact) mass is 230 g/mol. The summed E-state index contributed by atoms with van der Waals surface area (Å²) in [6, 6.07) is 9.15. The van der Waals surface area contributed by atoms with Crippen molar-refractivity contribution in [1.82, 2.24) is 5.32 Å². The molecule has 90 valence electrons. The van der Waals surface area contributed by atoms with Crippen molar-refractivity contribution in [2.75, 3.05) is 0 Å². The summed E-state index contributed by atoms with van der Waals surface area (Å²) in [5.41, 5.74) is 7.77. The molecule has 1 aromatic carbocycles. The summed E-state index contributed by atoms with van der Waals surface area (Å²) in [6.07, 6.45) is 5.65. The van der Waals surface area contributed by atoms with Crippen LogP contribution in [0.4, 0.5) is 0 Å². The Morgan fingerprint density at radius 2 is 1.71 bits per heavy atom. The summed E-state index contributed by atoms with van der Waals surface area (Å²) < 4.78 is 0. The summed E-state index contributed by atoms with van der Waals surface area (Å²) in [6.45, 7) is 0. The van der Waals surface area contributed by atoms with E-state index in [2.05, 4.69) is 5.32 Å². The minimum Gasteiger partial charge on any atom is -0.385 e. The second kappa shape index (κ2) is 5.53. The van der Waals surface area contributed by atoms with Gasteiger partial charge in [0, 0.05) is 5.56 Å². The maximum atomic E-state index is 11.9. The molecule has 3 heteroatoms. The maximum Gasteiger partial charge on any atom is 0.256 e. The normalized spacial score (nSPS) is 15.4. The summed E-state index contributed by atoms with van der Waals surface area (Å²) >= 11 is 0. The molecule has 0 spiro atoms. The van der Waals surface area contributed by atoms with E-state index in [1.807, 2.05) is 18.2 Å². The van der Waals surface area contributed by atoms with Gasteiger partial charge in [0.05, 0.1) is 0 Å². The van der Waals surface area contributed by atoms with Gasteiger partial charge in [0.15, 0.2) is 0 Å². The molecule has 0 atom stereocenters. The van der Waals surface area contributed by atoms with Crippen LogP contribution < -0.4 is 11.1 Å². The molecule has 0 aliphatic heterocycles. The van der Waals surface area contributed by atoms with Gasteiger partial charge in [-0.05, 0) is 43.4 Å². The van der Waals surface area contributed by atoms with Crippen LogP contribution in [0.25, 0.3) is 0 Å². The van der Waals surface area contributed by atoms with Crippen LogP contribution in [0.15, 0.2) is 41.7 Å².